The van der Waals surface area contributed by atoms with Crippen molar-refractivity contribution in [3.05, 3.63) is 59.8 Å². The predicted molar refractivity (Wildman–Crippen MR) is 76.7 cm³/mol. The lowest BCUT2D eigenvalue weighted by Crippen LogP contribution is -2.35. The van der Waals surface area contributed by atoms with Gasteiger partial charge in [0.2, 0.25) is 0 Å². The highest BCUT2D eigenvalue weighted by Gasteiger charge is 2.34. The number of aryl methyl sites for hydroxylation is 1. The molecule has 0 N–H and O–H groups in total. The van der Waals surface area contributed by atoms with Crippen LogP contribution < -0.4 is 4.90 Å². The quantitative estimate of drug-likeness (QED) is 0.859. The number of rotatable bonds is 3. The first-order chi connectivity index (χ1) is 9.74. The number of carbonyl (C=O) groups is 1. The van der Waals surface area contributed by atoms with Crippen LogP contribution >= 0.6 is 0 Å². The number of carbonyl (C=O) groups excluding carboxylic acids is 1. The van der Waals surface area contributed by atoms with Crippen LogP contribution in [0.1, 0.15) is 11.1 Å². The third kappa shape index (κ3) is 2.50. The molecule has 3 rings (SSSR count). The number of hydrogen-bond acceptors (Lipinski definition) is 3. The van der Waals surface area contributed by atoms with Gasteiger partial charge in [0.15, 0.2) is 0 Å². The van der Waals surface area contributed by atoms with E-state index in [1.165, 1.54) is 5.56 Å². The maximum Gasteiger partial charge on any atom is 0.415 e. The lowest BCUT2D eigenvalue weighted by atomic mass is 10.1. The number of amides is 1. The predicted octanol–water partition coefficient (Wildman–Crippen LogP) is 2.96. The fraction of sp³-hybridized carbons (Fsp3) is 0.250. The summed E-state index contributed by atoms with van der Waals surface area (Å²) in [5.74, 6) is 0.652. The Labute approximate surface area is 118 Å². The second-order valence-electron chi connectivity index (χ2n) is 4.98. The van der Waals surface area contributed by atoms with Gasteiger partial charge in [0.25, 0.3) is 0 Å². The fourth-order valence-electron chi connectivity index (χ4n) is 2.38. The van der Waals surface area contributed by atoms with Crippen molar-refractivity contribution in [2.75, 3.05) is 11.5 Å². The first kappa shape index (κ1) is 12.7. The van der Waals surface area contributed by atoms with Crippen molar-refractivity contribution in [3.63, 3.8) is 0 Å². The zero-order valence-corrected chi connectivity index (χ0v) is 11.3. The third-order valence-electron chi connectivity index (χ3n) is 3.42. The van der Waals surface area contributed by atoms with Crippen LogP contribution in [0.5, 0.6) is 0 Å². The monoisotopic (exact) mass is 268 g/mol. The average Bonchev–Trinajstić information content (AvgIpc) is 2.82. The number of hydrogen-bond donors (Lipinski definition) is 0. The number of nitrogens with zero attached hydrogens (tertiary/aromatic N) is 2. The van der Waals surface area contributed by atoms with E-state index in [1.807, 2.05) is 37.3 Å². The molecule has 2 aromatic rings. The number of cyclic esters (lactones) is 1. The van der Waals surface area contributed by atoms with Gasteiger partial charge in [-0.05, 0) is 30.5 Å². The van der Waals surface area contributed by atoms with E-state index in [0.29, 0.717) is 12.4 Å². The molecule has 4 nitrogen and oxygen atoms in total. The van der Waals surface area contributed by atoms with E-state index in [4.69, 9.17) is 4.74 Å². The minimum Gasteiger partial charge on any atom is -0.447 e. The molecule has 0 bridgehead atoms. The van der Waals surface area contributed by atoms with Gasteiger partial charge in [-0.15, -0.1) is 0 Å². The molecule has 1 atom stereocenters. The largest absolute Gasteiger partial charge is 0.447 e. The summed E-state index contributed by atoms with van der Waals surface area (Å²) in [6.07, 6.45) is 2.21. The van der Waals surface area contributed by atoms with Gasteiger partial charge in [0, 0.05) is 6.20 Å². The Bertz CT molecular complexity index is 596. The second-order valence-corrected chi connectivity index (χ2v) is 4.98. The smallest absolute Gasteiger partial charge is 0.415 e. The van der Waals surface area contributed by atoms with Gasteiger partial charge in [0.1, 0.15) is 12.4 Å². The molecular formula is C16H16N2O2. The first-order valence-corrected chi connectivity index (χ1v) is 6.66. The average molecular weight is 268 g/mol. The lowest BCUT2D eigenvalue weighted by molar-refractivity contribution is 0.178. The van der Waals surface area contributed by atoms with Gasteiger partial charge in [-0.3, -0.25) is 4.90 Å². The molecule has 2 heterocycles. The van der Waals surface area contributed by atoms with E-state index in [9.17, 15) is 4.79 Å². The summed E-state index contributed by atoms with van der Waals surface area (Å²) in [7, 11) is 0. The highest BCUT2D eigenvalue weighted by Crippen LogP contribution is 2.23. The van der Waals surface area contributed by atoms with Gasteiger partial charge >= 0.3 is 6.09 Å². The van der Waals surface area contributed by atoms with Crippen LogP contribution in [0, 0.1) is 6.92 Å². The van der Waals surface area contributed by atoms with E-state index in [-0.39, 0.29) is 12.1 Å². The summed E-state index contributed by atoms with van der Waals surface area (Å²) in [5, 5.41) is 0. The molecule has 1 amide bonds. The molecule has 1 aromatic heterocycles. The molecule has 0 spiro atoms. The highest BCUT2D eigenvalue weighted by atomic mass is 16.6. The van der Waals surface area contributed by atoms with Crippen LogP contribution in [0.15, 0.2) is 48.7 Å². The van der Waals surface area contributed by atoms with Crippen LogP contribution in [-0.4, -0.2) is 23.7 Å². The SMILES string of the molecule is Cc1ccc(N2C(=O)OCC2Cc2ccccc2)nc1. The summed E-state index contributed by atoms with van der Waals surface area (Å²) in [6, 6.07) is 13.9. The Hall–Kier alpha value is -2.36. The molecule has 1 aliphatic rings. The molecule has 1 saturated heterocycles. The van der Waals surface area contributed by atoms with Gasteiger partial charge < -0.3 is 4.74 Å². The van der Waals surface area contributed by atoms with Gasteiger partial charge in [-0.25, -0.2) is 9.78 Å². The van der Waals surface area contributed by atoms with E-state index in [1.54, 1.807) is 11.1 Å². The van der Waals surface area contributed by atoms with Crippen LogP contribution in [0.2, 0.25) is 0 Å². The summed E-state index contributed by atoms with van der Waals surface area (Å²) in [6.45, 7) is 2.38. The summed E-state index contributed by atoms with van der Waals surface area (Å²) in [5.41, 5.74) is 2.26. The second kappa shape index (κ2) is 5.33. The van der Waals surface area contributed by atoms with Crippen LogP contribution in [-0.2, 0) is 11.2 Å². The Morgan fingerprint density at radius 3 is 2.75 bits per heavy atom. The van der Waals surface area contributed by atoms with E-state index < -0.39 is 0 Å². The highest BCUT2D eigenvalue weighted by molar-refractivity contribution is 5.89. The van der Waals surface area contributed by atoms with E-state index in [0.717, 1.165) is 12.0 Å². The summed E-state index contributed by atoms with van der Waals surface area (Å²) < 4.78 is 5.18. The van der Waals surface area contributed by atoms with Crippen molar-refractivity contribution >= 4 is 11.9 Å². The van der Waals surface area contributed by atoms with Crippen molar-refractivity contribution in [2.24, 2.45) is 0 Å². The van der Waals surface area contributed by atoms with E-state index >= 15 is 0 Å². The Kier molecular flexibility index (Phi) is 3.37. The first-order valence-electron chi connectivity index (χ1n) is 6.66. The molecule has 1 aromatic carbocycles. The van der Waals surface area contributed by atoms with Crippen LogP contribution in [0.25, 0.3) is 0 Å². The van der Waals surface area contributed by atoms with Crippen molar-refractivity contribution < 1.29 is 9.53 Å². The number of anilines is 1. The van der Waals surface area contributed by atoms with Crippen molar-refractivity contribution in [3.8, 4) is 0 Å². The molecular weight excluding hydrogens is 252 g/mol. The van der Waals surface area contributed by atoms with Gasteiger partial charge in [-0.2, -0.15) is 0 Å². The molecule has 0 aliphatic carbocycles. The molecule has 20 heavy (non-hydrogen) atoms. The fourth-order valence-corrected chi connectivity index (χ4v) is 2.38. The zero-order chi connectivity index (χ0) is 13.9. The topological polar surface area (TPSA) is 42.4 Å². The van der Waals surface area contributed by atoms with Crippen molar-refractivity contribution in [1.82, 2.24) is 4.98 Å². The molecule has 1 fully saturated rings. The molecule has 0 radical (unpaired) electrons. The molecule has 1 aliphatic heterocycles. The number of ether oxygens (including phenoxy) is 1. The normalized spacial score (nSPS) is 18.1. The van der Waals surface area contributed by atoms with Gasteiger partial charge in [-0.1, -0.05) is 36.4 Å². The maximum atomic E-state index is 11.9. The van der Waals surface area contributed by atoms with Gasteiger partial charge in [0.05, 0.1) is 6.04 Å². The molecule has 102 valence electrons. The number of aromatic nitrogens is 1. The lowest BCUT2D eigenvalue weighted by Gasteiger charge is -2.20. The number of benzene rings is 1. The molecule has 1 unspecified atom stereocenters. The minimum absolute atomic E-state index is 0.0000983. The molecule has 0 saturated carbocycles. The van der Waals surface area contributed by atoms with Crippen molar-refractivity contribution in [1.29, 1.82) is 0 Å². The number of pyridine rings is 1. The zero-order valence-electron chi connectivity index (χ0n) is 11.3. The standard InChI is InChI=1S/C16H16N2O2/c1-12-7-8-15(17-10-12)18-14(11-20-16(18)19)9-13-5-3-2-4-6-13/h2-8,10,14H,9,11H2,1H3. The Morgan fingerprint density at radius 2 is 2.05 bits per heavy atom. The minimum atomic E-state index is -0.317. The Morgan fingerprint density at radius 1 is 1.25 bits per heavy atom. The Balaban J connectivity index is 1.83. The van der Waals surface area contributed by atoms with Crippen LogP contribution in [0.4, 0.5) is 10.6 Å². The third-order valence-corrected chi connectivity index (χ3v) is 3.42. The summed E-state index contributed by atoms with van der Waals surface area (Å²) in [4.78, 5) is 17.9. The summed E-state index contributed by atoms with van der Waals surface area (Å²) >= 11 is 0. The molecule has 4 heteroatoms. The maximum absolute atomic E-state index is 11.9. The van der Waals surface area contributed by atoms with Crippen LogP contribution in [0.3, 0.4) is 0 Å². The van der Waals surface area contributed by atoms with Crippen molar-refractivity contribution in [2.45, 2.75) is 19.4 Å². The van der Waals surface area contributed by atoms with E-state index in [2.05, 4.69) is 17.1 Å².